The zero-order chi connectivity index (χ0) is 32.2. The average Bonchev–Trinajstić information content (AvgIpc) is 3.33. The van der Waals surface area contributed by atoms with E-state index >= 15 is 0 Å². The summed E-state index contributed by atoms with van der Waals surface area (Å²) in [7, 11) is 3.06. The monoisotopic (exact) mass is 692 g/mol. The van der Waals surface area contributed by atoms with Crippen LogP contribution >= 0.6 is 27.3 Å². The number of aromatic carboxylic acids is 1. The van der Waals surface area contributed by atoms with Crippen molar-refractivity contribution in [2.75, 3.05) is 20.8 Å². The number of allylic oxidation sites excluding steroid dienone is 1. The summed E-state index contributed by atoms with van der Waals surface area (Å²) in [6.07, 6.45) is 1.76. The van der Waals surface area contributed by atoms with Gasteiger partial charge < -0.3 is 24.1 Å². The zero-order valence-corrected chi connectivity index (χ0v) is 27.2. The third-order valence-corrected chi connectivity index (χ3v) is 8.70. The van der Waals surface area contributed by atoms with Crippen LogP contribution in [0.15, 0.2) is 86.2 Å². The lowest BCUT2D eigenvalue weighted by atomic mass is 9.94. The molecule has 1 N–H and O–H groups in total. The number of fused-ring (bicyclic) bond motifs is 1. The summed E-state index contributed by atoms with van der Waals surface area (Å²) < 4.78 is 25.0. The van der Waals surface area contributed by atoms with E-state index in [2.05, 4.69) is 20.9 Å². The molecule has 1 aliphatic rings. The molecule has 3 aromatic carbocycles. The smallest absolute Gasteiger partial charge is 0.338 e. The molecule has 10 nitrogen and oxygen atoms in total. The number of esters is 1. The van der Waals surface area contributed by atoms with Crippen LogP contribution in [-0.4, -0.2) is 42.4 Å². The van der Waals surface area contributed by atoms with Crippen molar-refractivity contribution in [2.24, 2.45) is 4.99 Å². The number of hydrogen-bond acceptors (Lipinski definition) is 9. The van der Waals surface area contributed by atoms with E-state index < -0.39 is 18.0 Å². The second-order valence-electron chi connectivity index (χ2n) is 9.89. The van der Waals surface area contributed by atoms with Crippen molar-refractivity contribution >= 4 is 45.3 Å². The maximum atomic E-state index is 14.0. The Morgan fingerprint density at radius 3 is 2.42 bits per heavy atom. The Hall–Kier alpha value is -4.68. The van der Waals surface area contributed by atoms with Crippen LogP contribution in [0, 0.1) is 0 Å². The molecular formula is C33H29BrN2O8S. The fourth-order valence-electron chi connectivity index (χ4n) is 4.92. The topological polar surface area (TPSA) is 126 Å². The van der Waals surface area contributed by atoms with Crippen molar-refractivity contribution in [1.29, 1.82) is 0 Å². The molecule has 232 valence electrons. The van der Waals surface area contributed by atoms with Crippen molar-refractivity contribution in [3.05, 3.63) is 118 Å². The largest absolute Gasteiger partial charge is 0.497 e. The number of methoxy groups -OCH3 is 2. The number of carboxylic acids is 1. The van der Waals surface area contributed by atoms with Crippen molar-refractivity contribution in [2.45, 2.75) is 26.5 Å². The van der Waals surface area contributed by atoms with Crippen LogP contribution in [0.3, 0.4) is 0 Å². The zero-order valence-electron chi connectivity index (χ0n) is 24.8. The van der Waals surface area contributed by atoms with Crippen LogP contribution in [0.2, 0.25) is 0 Å². The van der Waals surface area contributed by atoms with E-state index in [4.69, 9.17) is 24.1 Å². The molecule has 1 aliphatic heterocycles. The van der Waals surface area contributed by atoms with E-state index in [1.807, 2.05) is 12.1 Å². The number of thiazole rings is 1. The molecule has 0 aliphatic carbocycles. The lowest BCUT2D eigenvalue weighted by molar-refractivity contribution is -0.139. The number of hydrogen-bond donors (Lipinski definition) is 1. The minimum atomic E-state index is -0.988. The van der Waals surface area contributed by atoms with Gasteiger partial charge in [0.1, 0.15) is 29.9 Å². The molecule has 0 saturated carbocycles. The quantitative estimate of drug-likeness (QED) is 0.234. The van der Waals surface area contributed by atoms with E-state index in [1.54, 1.807) is 56.3 Å². The minimum Gasteiger partial charge on any atom is -0.497 e. The van der Waals surface area contributed by atoms with Crippen molar-refractivity contribution in [3.8, 4) is 17.2 Å². The van der Waals surface area contributed by atoms with Gasteiger partial charge in [-0.15, -0.1) is 0 Å². The molecule has 0 amide bonds. The van der Waals surface area contributed by atoms with Crippen molar-refractivity contribution in [3.63, 3.8) is 0 Å². The number of ether oxygens (including phenoxy) is 4. The van der Waals surface area contributed by atoms with Gasteiger partial charge in [0.05, 0.1) is 46.7 Å². The van der Waals surface area contributed by atoms with Gasteiger partial charge in [0.25, 0.3) is 5.56 Å². The molecule has 0 unspecified atom stereocenters. The van der Waals surface area contributed by atoms with E-state index in [9.17, 15) is 14.4 Å². The lowest BCUT2D eigenvalue weighted by Crippen LogP contribution is -2.40. The van der Waals surface area contributed by atoms with Gasteiger partial charge in [0.2, 0.25) is 0 Å². The van der Waals surface area contributed by atoms with Crippen LogP contribution < -0.4 is 29.1 Å². The number of carboxylic acid groups (broad SMARTS) is 1. The van der Waals surface area contributed by atoms with Gasteiger partial charge in [0.15, 0.2) is 4.80 Å². The lowest BCUT2D eigenvalue weighted by Gasteiger charge is -2.26. The highest BCUT2D eigenvalue weighted by Gasteiger charge is 2.35. The molecule has 2 heterocycles. The normalized spacial score (nSPS) is 14.4. The van der Waals surface area contributed by atoms with Crippen LogP contribution in [0.25, 0.3) is 6.08 Å². The summed E-state index contributed by atoms with van der Waals surface area (Å²) in [4.78, 5) is 43.4. The summed E-state index contributed by atoms with van der Waals surface area (Å²) in [6.45, 7) is 3.84. The number of nitrogens with zero attached hydrogens (tertiary/aromatic N) is 2. The van der Waals surface area contributed by atoms with E-state index in [0.717, 1.165) is 11.1 Å². The molecule has 12 heteroatoms. The molecule has 0 saturated heterocycles. The molecule has 4 aromatic rings. The SMILES string of the molecule is CCOC(=O)C1=C(C)N=c2s/c(=C/c3ccc(OCc4ccc(C(=O)O)cc4)c(Br)c3)c(=O)n2[C@H]1c1cc(OC)ccc1OC. The molecule has 45 heavy (non-hydrogen) atoms. The summed E-state index contributed by atoms with van der Waals surface area (Å²) in [5.41, 5.74) is 2.67. The standard InChI is InChI=1S/C33H29BrN2O8S/c1-5-43-32(40)28-18(2)35-33-36(29(28)23-16-22(41-3)11-13-25(23)42-4)30(37)27(45-33)15-20-8-12-26(24(34)14-20)44-17-19-6-9-21(10-7-19)31(38)39/h6-16,29H,5,17H2,1-4H3,(H,38,39)/b27-15+/t29-/m0/s1. The first kappa shape index (κ1) is 31.7. The summed E-state index contributed by atoms with van der Waals surface area (Å²) >= 11 is 4.76. The maximum Gasteiger partial charge on any atom is 0.338 e. The second-order valence-corrected chi connectivity index (χ2v) is 11.8. The Morgan fingerprint density at radius 2 is 1.78 bits per heavy atom. The van der Waals surface area contributed by atoms with E-state index in [1.165, 1.54) is 42.3 Å². The van der Waals surface area contributed by atoms with Crippen LogP contribution in [-0.2, 0) is 16.1 Å². The first-order valence-electron chi connectivity index (χ1n) is 13.8. The second kappa shape index (κ2) is 13.5. The molecule has 0 fully saturated rings. The Labute approximate surface area is 270 Å². The van der Waals surface area contributed by atoms with E-state index in [0.29, 0.717) is 42.3 Å². The molecule has 0 bridgehead atoms. The summed E-state index contributed by atoms with van der Waals surface area (Å²) in [5.74, 6) is 0.0359. The van der Waals surface area contributed by atoms with Crippen LogP contribution in [0.1, 0.15) is 46.9 Å². The van der Waals surface area contributed by atoms with Gasteiger partial charge in [-0.25, -0.2) is 14.6 Å². The summed E-state index contributed by atoms with van der Waals surface area (Å²) in [6, 6.07) is 16.3. The van der Waals surface area contributed by atoms with Gasteiger partial charge in [-0.1, -0.05) is 29.5 Å². The number of rotatable bonds is 10. The number of halogens is 1. The third-order valence-electron chi connectivity index (χ3n) is 7.10. The Morgan fingerprint density at radius 1 is 1.04 bits per heavy atom. The van der Waals surface area contributed by atoms with E-state index in [-0.39, 0.29) is 29.9 Å². The highest BCUT2D eigenvalue weighted by molar-refractivity contribution is 9.10. The van der Waals surface area contributed by atoms with Crippen LogP contribution in [0.4, 0.5) is 0 Å². The fourth-order valence-corrected chi connectivity index (χ4v) is 6.48. The Balaban J connectivity index is 1.53. The molecule has 0 spiro atoms. The van der Waals surface area contributed by atoms with Crippen LogP contribution in [0.5, 0.6) is 17.2 Å². The summed E-state index contributed by atoms with van der Waals surface area (Å²) in [5, 5.41) is 9.09. The highest BCUT2D eigenvalue weighted by Crippen LogP contribution is 2.38. The minimum absolute atomic E-state index is 0.160. The third kappa shape index (κ3) is 6.57. The molecular weight excluding hydrogens is 664 g/mol. The Kier molecular flexibility index (Phi) is 9.54. The molecule has 5 rings (SSSR count). The number of carbonyl (C=O) groups excluding carboxylic acids is 1. The first-order valence-corrected chi connectivity index (χ1v) is 15.4. The molecule has 0 radical (unpaired) electrons. The molecule has 1 aromatic heterocycles. The predicted octanol–water partition coefficient (Wildman–Crippen LogP) is 4.86. The van der Waals surface area contributed by atoms with Gasteiger partial charge in [0, 0.05) is 5.56 Å². The fraction of sp³-hybridized carbons (Fsp3) is 0.212. The van der Waals surface area contributed by atoms with Crippen molar-refractivity contribution < 1.29 is 33.6 Å². The van der Waals surface area contributed by atoms with Crippen molar-refractivity contribution in [1.82, 2.24) is 4.57 Å². The number of carbonyl (C=O) groups is 2. The van der Waals surface area contributed by atoms with Gasteiger partial charge in [-0.2, -0.15) is 0 Å². The Bertz CT molecular complexity index is 2000. The van der Waals surface area contributed by atoms with Gasteiger partial charge >= 0.3 is 11.9 Å². The first-order chi connectivity index (χ1) is 21.6. The maximum absolute atomic E-state index is 14.0. The van der Waals surface area contributed by atoms with Gasteiger partial charge in [-0.05, 0) is 89.4 Å². The molecule has 1 atom stereocenters. The van der Waals surface area contributed by atoms with Gasteiger partial charge in [-0.3, -0.25) is 9.36 Å². The number of benzene rings is 3. The highest BCUT2D eigenvalue weighted by atomic mass is 79.9. The average molecular weight is 694 g/mol. The predicted molar refractivity (Wildman–Crippen MR) is 172 cm³/mol. The number of aromatic nitrogens is 1.